The van der Waals surface area contributed by atoms with Crippen molar-refractivity contribution in [2.45, 2.75) is 70.7 Å². The molecule has 1 aliphatic rings. The van der Waals surface area contributed by atoms with Crippen LogP contribution in [-0.4, -0.2) is 42.9 Å². The molecule has 0 spiro atoms. The van der Waals surface area contributed by atoms with Gasteiger partial charge in [-0.15, -0.1) is 6.58 Å². The van der Waals surface area contributed by atoms with Crippen LogP contribution >= 0.6 is 0 Å². The molecule has 0 radical (unpaired) electrons. The summed E-state index contributed by atoms with van der Waals surface area (Å²) in [5.41, 5.74) is 1.06. The van der Waals surface area contributed by atoms with Crippen LogP contribution in [0.25, 0.3) is 0 Å². The Bertz CT molecular complexity index is 567. The Balaban J connectivity index is 2.16. The van der Waals surface area contributed by atoms with Crippen LogP contribution in [0, 0.1) is 5.92 Å². The molecule has 1 aliphatic heterocycles. The van der Waals surface area contributed by atoms with Crippen LogP contribution in [0.5, 0.6) is 5.75 Å². The molecule has 152 valence electrons. The Morgan fingerprint density at radius 1 is 1.22 bits per heavy atom. The molecule has 0 unspecified atom stereocenters. The summed E-state index contributed by atoms with van der Waals surface area (Å²) in [6.07, 6.45) is 3.29. The third-order valence-corrected chi connectivity index (χ3v) is 5.41. The summed E-state index contributed by atoms with van der Waals surface area (Å²) in [7, 11) is 1.65. The van der Waals surface area contributed by atoms with E-state index in [-0.39, 0.29) is 30.8 Å². The first-order valence-corrected chi connectivity index (χ1v) is 9.86. The number of aliphatic hydroxyl groups excluding tert-OH is 1. The lowest BCUT2D eigenvalue weighted by atomic mass is 9.93. The molecule has 1 fully saturated rings. The Labute approximate surface area is 163 Å². The van der Waals surface area contributed by atoms with Crippen molar-refractivity contribution in [3.63, 3.8) is 0 Å². The second-order valence-electron chi connectivity index (χ2n) is 7.13. The van der Waals surface area contributed by atoms with Gasteiger partial charge in [0.15, 0.2) is 5.79 Å². The molecule has 1 aromatic carbocycles. The fourth-order valence-electron chi connectivity index (χ4n) is 3.54. The first-order valence-electron chi connectivity index (χ1n) is 9.86. The van der Waals surface area contributed by atoms with Gasteiger partial charge in [0.25, 0.3) is 0 Å². The minimum absolute atomic E-state index is 0.114. The summed E-state index contributed by atoms with van der Waals surface area (Å²) >= 11 is 0. The van der Waals surface area contributed by atoms with Gasteiger partial charge in [-0.25, -0.2) is 0 Å². The zero-order valence-corrected chi connectivity index (χ0v) is 17.0. The van der Waals surface area contributed by atoms with Crippen LogP contribution in [0.15, 0.2) is 36.9 Å². The topological polar surface area (TPSA) is 57.2 Å². The minimum atomic E-state index is -0.593. The number of hydrogen-bond acceptors (Lipinski definition) is 5. The van der Waals surface area contributed by atoms with E-state index in [4.69, 9.17) is 18.9 Å². The molecule has 0 bridgehead atoms. The number of ether oxygens (including phenoxy) is 4. The van der Waals surface area contributed by atoms with Crippen molar-refractivity contribution in [1.82, 2.24) is 0 Å². The van der Waals surface area contributed by atoms with Gasteiger partial charge in [-0.2, -0.15) is 0 Å². The maximum Gasteiger partial charge on any atom is 0.169 e. The van der Waals surface area contributed by atoms with E-state index >= 15 is 0 Å². The van der Waals surface area contributed by atoms with E-state index in [1.54, 1.807) is 13.2 Å². The van der Waals surface area contributed by atoms with E-state index in [0.717, 1.165) is 24.2 Å². The highest BCUT2D eigenvalue weighted by molar-refractivity contribution is 5.26. The van der Waals surface area contributed by atoms with Gasteiger partial charge in [0.1, 0.15) is 18.0 Å². The van der Waals surface area contributed by atoms with Gasteiger partial charge in [-0.3, -0.25) is 0 Å². The van der Waals surface area contributed by atoms with E-state index in [9.17, 15) is 5.11 Å². The summed E-state index contributed by atoms with van der Waals surface area (Å²) < 4.78 is 24.1. The predicted octanol–water partition coefficient (Wildman–Crippen LogP) is 4.09. The van der Waals surface area contributed by atoms with Gasteiger partial charge in [-0.05, 0) is 42.9 Å². The summed E-state index contributed by atoms with van der Waals surface area (Å²) in [6, 6.07) is 7.83. The summed E-state index contributed by atoms with van der Waals surface area (Å²) in [5.74, 6) is 0.345. The van der Waals surface area contributed by atoms with Crippen LogP contribution in [0.2, 0.25) is 0 Å². The standard InChI is InChI=1S/C22H34O5/c1-6-19-21(27-22(7-2,8-3)26-19)20(16(4)13-14-23)25-15-17-9-11-18(24-5)12-10-17/h6,9-12,16,19-21,23H,1,7-8,13-15H2,2-5H3/t16-,19-,20-,21+/m1/s1. The maximum atomic E-state index is 9.43. The van der Waals surface area contributed by atoms with Crippen molar-refractivity contribution in [3.05, 3.63) is 42.5 Å². The SMILES string of the molecule is C=C[C@H]1OC(CC)(CC)O[C@@H]1[C@H](OCc1ccc(OC)cc1)[C@H](C)CCO. The Kier molecular flexibility index (Phi) is 8.29. The minimum Gasteiger partial charge on any atom is -0.497 e. The van der Waals surface area contributed by atoms with Crippen molar-refractivity contribution >= 4 is 0 Å². The average Bonchev–Trinajstić information content (AvgIpc) is 3.08. The van der Waals surface area contributed by atoms with E-state index in [1.807, 2.05) is 24.3 Å². The summed E-state index contributed by atoms with van der Waals surface area (Å²) in [6.45, 7) is 10.7. The molecular formula is C22H34O5. The van der Waals surface area contributed by atoms with Crippen molar-refractivity contribution in [2.75, 3.05) is 13.7 Å². The lowest BCUT2D eigenvalue weighted by Gasteiger charge is -2.31. The zero-order chi connectivity index (χ0) is 19.9. The maximum absolute atomic E-state index is 9.43. The van der Waals surface area contributed by atoms with Crippen LogP contribution < -0.4 is 4.74 Å². The molecule has 0 aromatic heterocycles. The molecule has 5 heteroatoms. The number of rotatable bonds is 11. The van der Waals surface area contributed by atoms with Crippen LogP contribution in [0.4, 0.5) is 0 Å². The Morgan fingerprint density at radius 3 is 2.41 bits per heavy atom. The molecule has 1 N–H and O–H groups in total. The molecule has 1 heterocycles. The van der Waals surface area contributed by atoms with Gasteiger partial charge >= 0.3 is 0 Å². The molecule has 2 rings (SSSR count). The van der Waals surface area contributed by atoms with E-state index in [0.29, 0.717) is 13.0 Å². The Morgan fingerprint density at radius 2 is 1.89 bits per heavy atom. The highest BCUT2D eigenvalue weighted by Crippen LogP contribution is 2.39. The first kappa shape index (κ1) is 21.9. The lowest BCUT2D eigenvalue weighted by Crippen LogP contribution is -2.41. The fraction of sp³-hybridized carbons (Fsp3) is 0.636. The van der Waals surface area contributed by atoms with Crippen LogP contribution in [0.3, 0.4) is 0 Å². The number of benzene rings is 1. The second-order valence-corrected chi connectivity index (χ2v) is 7.13. The number of aliphatic hydroxyl groups is 1. The smallest absolute Gasteiger partial charge is 0.169 e. The Hall–Kier alpha value is -1.40. The van der Waals surface area contributed by atoms with Gasteiger partial charge < -0.3 is 24.1 Å². The molecule has 5 nitrogen and oxygen atoms in total. The highest BCUT2D eigenvalue weighted by Gasteiger charge is 2.48. The van der Waals surface area contributed by atoms with Gasteiger partial charge in [0, 0.05) is 6.61 Å². The largest absolute Gasteiger partial charge is 0.497 e. The molecule has 1 aromatic rings. The molecule has 27 heavy (non-hydrogen) atoms. The predicted molar refractivity (Wildman–Crippen MR) is 106 cm³/mol. The normalized spacial score (nSPS) is 23.7. The second kappa shape index (κ2) is 10.2. The average molecular weight is 379 g/mol. The summed E-state index contributed by atoms with van der Waals surface area (Å²) in [4.78, 5) is 0. The molecule has 4 atom stereocenters. The molecule has 0 aliphatic carbocycles. The van der Waals surface area contributed by atoms with E-state index < -0.39 is 5.79 Å². The van der Waals surface area contributed by atoms with Crippen molar-refractivity contribution in [3.8, 4) is 5.75 Å². The third kappa shape index (κ3) is 5.32. The van der Waals surface area contributed by atoms with Crippen LogP contribution in [-0.2, 0) is 20.8 Å². The highest BCUT2D eigenvalue weighted by atomic mass is 16.8. The molecule has 0 amide bonds. The van der Waals surface area contributed by atoms with Gasteiger partial charge in [0.05, 0.1) is 19.8 Å². The molecule has 0 saturated carbocycles. The summed E-state index contributed by atoms with van der Waals surface area (Å²) in [5, 5.41) is 9.43. The lowest BCUT2D eigenvalue weighted by molar-refractivity contribution is -0.192. The number of hydrogen-bond donors (Lipinski definition) is 1. The molecule has 1 saturated heterocycles. The first-order chi connectivity index (χ1) is 13.0. The van der Waals surface area contributed by atoms with Gasteiger partial charge in [0.2, 0.25) is 0 Å². The van der Waals surface area contributed by atoms with Crippen molar-refractivity contribution < 1.29 is 24.1 Å². The number of methoxy groups -OCH3 is 1. The van der Waals surface area contributed by atoms with E-state index in [1.165, 1.54) is 0 Å². The zero-order valence-electron chi connectivity index (χ0n) is 17.0. The third-order valence-electron chi connectivity index (χ3n) is 5.41. The van der Waals surface area contributed by atoms with E-state index in [2.05, 4.69) is 27.4 Å². The molecular weight excluding hydrogens is 344 g/mol. The van der Waals surface area contributed by atoms with Crippen LogP contribution in [0.1, 0.15) is 45.6 Å². The van der Waals surface area contributed by atoms with Crippen molar-refractivity contribution in [1.29, 1.82) is 0 Å². The van der Waals surface area contributed by atoms with Crippen molar-refractivity contribution in [2.24, 2.45) is 5.92 Å². The quantitative estimate of drug-likeness (QED) is 0.588. The fourth-order valence-corrected chi connectivity index (χ4v) is 3.54. The monoisotopic (exact) mass is 378 g/mol. The van der Waals surface area contributed by atoms with Gasteiger partial charge in [-0.1, -0.05) is 39.0 Å².